The number of rotatable bonds is 7. The van der Waals surface area contributed by atoms with Gasteiger partial charge in [0.25, 0.3) is 0 Å². The molecule has 19 heavy (non-hydrogen) atoms. The lowest BCUT2D eigenvalue weighted by Gasteiger charge is -2.03. The summed E-state index contributed by atoms with van der Waals surface area (Å²) in [5.41, 5.74) is 1.93. The predicted molar refractivity (Wildman–Crippen MR) is 79.7 cm³/mol. The van der Waals surface area contributed by atoms with Crippen molar-refractivity contribution < 1.29 is 9.53 Å². The summed E-state index contributed by atoms with van der Waals surface area (Å²) in [7, 11) is 0. The van der Waals surface area contributed by atoms with Gasteiger partial charge in [-0.1, -0.05) is 62.2 Å². The molecule has 2 nitrogen and oxygen atoms in total. The molecule has 0 bridgehead atoms. The van der Waals surface area contributed by atoms with E-state index in [0.29, 0.717) is 6.61 Å². The summed E-state index contributed by atoms with van der Waals surface area (Å²) in [6, 6.07) is 9.89. The lowest BCUT2D eigenvalue weighted by molar-refractivity contribution is -0.137. The molecule has 102 valence electrons. The summed E-state index contributed by atoms with van der Waals surface area (Å²) < 4.78 is 4.97. The molecule has 0 saturated carbocycles. The van der Waals surface area contributed by atoms with Crippen LogP contribution in [-0.4, -0.2) is 12.6 Å². The Hall–Kier alpha value is -1.83. The van der Waals surface area contributed by atoms with E-state index >= 15 is 0 Å². The van der Waals surface area contributed by atoms with Crippen LogP contribution in [0.4, 0.5) is 0 Å². The maximum atomic E-state index is 11.6. The molecule has 0 aliphatic carbocycles. The molecule has 0 unspecified atom stereocenters. The molecule has 1 aromatic rings. The molecule has 1 rings (SSSR count). The van der Waals surface area contributed by atoms with E-state index < -0.39 is 0 Å². The molecular formula is C17H22O2. The Labute approximate surface area is 115 Å². The quantitative estimate of drug-likeness (QED) is 0.314. The molecule has 0 atom stereocenters. The van der Waals surface area contributed by atoms with Crippen LogP contribution in [0.25, 0.3) is 5.57 Å². The maximum absolute atomic E-state index is 11.6. The number of allylic oxidation sites excluding steroid dienone is 3. The van der Waals surface area contributed by atoms with E-state index in [1.807, 2.05) is 43.3 Å². The molecule has 0 heterocycles. The van der Waals surface area contributed by atoms with E-state index in [0.717, 1.165) is 24.0 Å². The molecule has 2 heteroatoms. The molecular weight excluding hydrogens is 236 g/mol. The summed E-state index contributed by atoms with van der Waals surface area (Å²) in [4.78, 5) is 11.6. The van der Waals surface area contributed by atoms with Crippen LogP contribution in [0, 0.1) is 0 Å². The van der Waals surface area contributed by atoms with Crippen molar-refractivity contribution >= 4 is 11.5 Å². The lowest BCUT2D eigenvalue weighted by Crippen LogP contribution is -2.00. The SMILES string of the molecule is CCCC/C=C/C(=C/C(=O)OCC)c1ccccc1. The van der Waals surface area contributed by atoms with Gasteiger partial charge in [-0.3, -0.25) is 0 Å². The van der Waals surface area contributed by atoms with Crippen LogP contribution in [0.15, 0.2) is 48.6 Å². The fraction of sp³-hybridized carbons (Fsp3) is 0.353. The van der Waals surface area contributed by atoms with Crippen LogP contribution in [0.1, 0.15) is 38.7 Å². The monoisotopic (exact) mass is 258 g/mol. The summed E-state index contributed by atoms with van der Waals surface area (Å²) in [6.45, 7) is 4.38. The number of benzene rings is 1. The van der Waals surface area contributed by atoms with Gasteiger partial charge in [-0.05, 0) is 24.5 Å². The van der Waals surface area contributed by atoms with Gasteiger partial charge in [-0.15, -0.1) is 0 Å². The van der Waals surface area contributed by atoms with Gasteiger partial charge in [0.2, 0.25) is 0 Å². The zero-order valence-electron chi connectivity index (χ0n) is 11.8. The Morgan fingerprint density at radius 1 is 1.21 bits per heavy atom. The van der Waals surface area contributed by atoms with Gasteiger partial charge in [0.15, 0.2) is 0 Å². The highest BCUT2D eigenvalue weighted by molar-refractivity contribution is 5.94. The minimum atomic E-state index is -0.290. The van der Waals surface area contributed by atoms with Crippen molar-refractivity contribution in [3.05, 3.63) is 54.1 Å². The average molecular weight is 258 g/mol. The predicted octanol–water partition coefficient (Wildman–Crippen LogP) is 4.38. The molecule has 0 spiro atoms. The number of esters is 1. The third-order valence-electron chi connectivity index (χ3n) is 2.69. The summed E-state index contributed by atoms with van der Waals surface area (Å²) in [5.74, 6) is -0.290. The molecule has 0 radical (unpaired) electrons. The summed E-state index contributed by atoms with van der Waals surface area (Å²) in [5, 5.41) is 0. The van der Waals surface area contributed by atoms with Crippen molar-refractivity contribution in [1.29, 1.82) is 0 Å². The van der Waals surface area contributed by atoms with E-state index in [9.17, 15) is 4.79 Å². The number of hydrogen-bond donors (Lipinski definition) is 0. The van der Waals surface area contributed by atoms with Gasteiger partial charge in [0.1, 0.15) is 0 Å². The first-order chi connectivity index (χ1) is 9.27. The van der Waals surface area contributed by atoms with E-state index in [1.54, 1.807) is 6.08 Å². The highest BCUT2D eigenvalue weighted by atomic mass is 16.5. The standard InChI is InChI=1S/C17H22O2/c1-3-5-6-8-13-16(14-17(18)19-4-2)15-11-9-7-10-12-15/h7-14H,3-6H2,1-2H3/b13-8+,16-14-. The fourth-order valence-electron chi connectivity index (χ4n) is 1.70. The van der Waals surface area contributed by atoms with Crippen molar-refractivity contribution in [2.24, 2.45) is 0 Å². The van der Waals surface area contributed by atoms with Crippen LogP contribution in [0.3, 0.4) is 0 Å². The van der Waals surface area contributed by atoms with Crippen molar-refractivity contribution in [3.8, 4) is 0 Å². The minimum absolute atomic E-state index is 0.290. The molecule has 0 aromatic heterocycles. The Balaban J connectivity index is 2.85. The van der Waals surface area contributed by atoms with E-state index in [4.69, 9.17) is 4.74 Å². The average Bonchev–Trinajstić information content (AvgIpc) is 2.43. The lowest BCUT2D eigenvalue weighted by atomic mass is 10.0. The first-order valence-electron chi connectivity index (χ1n) is 6.88. The second-order valence-electron chi connectivity index (χ2n) is 4.26. The van der Waals surface area contributed by atoms with Gasteiger partial charge in [-0.2, -0.15) is 0 Å². The first kappa shape index (κ1) is 15.2. The number of hydrogen-bond acceptors (Lipinski definition) is 2. The van der Waals surface area contributed by atoms with Crippen LogP contribution in [-0.2, 0) is 9.53 Å². The zero-order valence-corrected chi connectivity index (χ0v) is 11.8. The molecule has 0 saturated heterocycles. The Morgan fingerprint density at radius 2 is 1.95 bits per heavy atom. The van der Waals surface area contributed by atoms with E-state index in [-0.39, 0.29) is 5.97 Å². The van der Waals surface area contributed by atoms with Crippen LogP contribution in [0.2, 0.25) is 0 Å². The largest absolute Gasteiger partial charge is 0.463 e. The van der Waals surface area contributed by atoms with Crippen LogP contribution < -0.4 is 0 Å². The molecule has 1 aromatic carbocycles. The topological polar surface area (TPSA) is 26.3 Å². The van der Waals surface area contributed by atoms with Crippen molar-refractivity contribution in [2.45, 2.75) is 33.1 Å². The van der Waals surface area contributed by atoms with Crippen LogP contribution >= 0.6 is 0 Å². The zero-order chi connectivity index (χ0) is 13.9. The second-order valence-corrected chi connectivity index (χ2v) is 4.26. The van der Waals surface area contributed by atoms with Gasteiger partial charge in [-0.25, -0.2) is 4.79 Å². The smallest absolute Gasteiger partial charge is 0.331 e. The molecule has 0 aliphatic heterocycles. The maximum Gasteiger partial charge on any atom is 0.331 e. The number of carbonyl (C=O) groups excluding carboxylic acids is 1. The highest BCUT2D eigenvalue weighted by Gasteiger charge is 2.02. The van der Waals surface area contributed by atoms with E-state index in [2.05, 4.69) is 13.0 Å². The van der Waals surface area contributed by atoms with Gasteiger partial charge in [0.05, 0.1) is 6.61 Å². The Bertz CT molecular complexity index is 430. The molecule has 0 fully saturated rings. The third kappa shape index (κ3) is 6.05. The van der Waals surface area contributed by atoms with Gasteiger partial charge in [0, 0.05) is 6.08 Å². The first-order valence-corrected chi connectivity index (χ1v) is 6.88. The number of carbonyl (C=O) groups is 1. The van der Waals surface area contributed by atoms with Crippen molar-refractivity contribution in [1.82, 2.24) is 0 Å². The molecule has 0 aliphatic rings. The Kier molecular flexibility index (Phi) is 7.33. The van der Waals surface area contributed by atoms with Gasteiger partial charge >= 0.3 is 5.97 Å². The number of ether oxygens (including phenoxy) is 1. The fourth-order valence-corrected chi connectivity index (χ4v) is 1.70. The summed E-state index contributed by atoms with van der Waals surface area (Å²) >= 11 is 0. The van der Waals surface area contributed by atoms with Crippen LogP contribution in [0.5, 0.6) is 0 Å². The van der Waals surface area contributed by atoms with Gasteiger partial charge < -0.3 is 4.74 Å². The highest BCUT2D eigenvalue weighted by Crippen LogP contribution is 2.16. The second kappa shape index (κ2) is 9.15. The van der Waals surface area contributed by atoms with E-state index in [1.165, 1.54) is 6.42 Å². The van der Waals surface area contributed by atoms with Crippen molar-refractivity contribution in [3.63, 3.8) is 0 Å². The minimum Gasteiger partial charge on any atom is -0.463 e. The normalized spacial score (nSPS) is 11.8. The summed E-state index contributed by atoms with van der Waals surface area (Å²) in [6.07, 6.45) is 9.04. The van der Waals surface area contributed by atoms with Crippen molar-refractivity contribution in [2.75, 3.05) is 6.61 Å². The Morgan fingerprint density at radius 3 is 2.58 bits per heavy atom. The number of unbranched alkanes of at least 4 members (excludes halogenated alkanes) is 2. The molecule has 0 amide bonds. The molecule has 0 N–H and O–H groups in total. The third-order valence-corrected chi connectivity index (χ3v) is 2.69.